The Morgan fingerprint density at radius 2 is 2.00 bits per heavy atom. The number of urea groups is 1. The van der Waals surface area contributed by atoms with Crippen LogP contribution in [-0.2, 0) is 9.53 Å². The maximum Gasteiger partial charge on any atom is 0.326 e. The van der Waals surface area contributed by atoms with E-state index in [0.29, 0.717) is 6.42 Å². The fourth-order valence-electron chi connectivity index (χ4n) is 2.19. The summed E-state index contributed by atoms with van der Waals surface area (Å²) in [7, 11) is 0. The third-order valence-electron chi connectivity index (χ3n) is 3.19. The van der Waals surface area contributed by atoms with E-state index in [2.05, 4.69) is 10.6 Å². The van der Waals surface area contributed by atoms with Gasteiger partial charge in [-0.1, -0.05) is 13.8 Å². The maximum absolute atomic E-state index is 11.8. The van der Waals surface area contributed by atoms with E-state index in [1.807, 2.05) is 20.8 Å². The van der Waals surface area contributed by atoms with Crippen molar-refractivity contribution < 1.29 is 19.4 Å². The van der Waals surface area contributed by atoms with Crippen molar-refractivity contribution in [1.29, 1.82) is 0 Å². The van der Waals surface area contributed by atoms with Crippen LogP contribution in [0.3, 0.4) is 0 Å². The van der Waals surface area contributed by atoms with Crippen LogP contribution in [0, 0.1) is 5.92 Å². The topological polar surface area (TPSA) is 87.7 Å². The van der Waals surface area contributed by atoms with Crippen molar-refractivity contribution >= 4 is 12.0 Å². The van der Waals surface area contributed by atoms with Crippen molar-refractivity contribution in [2.75, 3.05) is 6.61 Å². The standard InChI is InChI=1S/C13H24N2O4/c1-8(2)7-10(12(16)17)15-13(18)14-9(3)11-5-4-6-19-11/h8-11H,4-7H2,1-3H3,(H,16,17)(H2,14,15,18)/t9?,10-,11?/m1/s1. The summed E-state index contributed by atoms with van der Waals surface area (Å²) < 4.78 is 5.47. The molecular formula is C13H24N2O4. The molecule has 3 atom stereocenters. The lowest BCUT2D eigenvalue weighted by atomic mass is 10.0. The van der Waals surface area contributed by atoms with Crippen LogP contribution in [0.1, 0.15) is 40.0 Å². The van der Waals surface area contributed by atoms with Gasteiger partial charge in [-0.25, -0.2) is 9.59 Å². The van der Waals surface area contributed by atoms with Crippen molar-refractivity contribution in [2.45, 2.75) is 58.2 Å². The molecule has 0 saturated carbocycles. The molecule has 1 rings (SSSR count). The number of rotatable bonds is 6. The lowest BCUT2D eigenvalue weighted by molar-refractivity contribution is -0.139. The first kappa shape index (κ1) is 15.8. The maximum atomic E-state index is 11.8. The van der Waals surface area contributed by atoms with Crippen LogP contribution in [-0.4, -0.2) is 41.9 Å². The number of hydrogen-bond acceptors (Lipinski definition) is 3. The minimum Gasteiger partial charge on any atom is -0.480 e. The van der Waals surface area contributed by atoms with Gasteiger partial charge in [0.05, 0.1) is 12.1 Å². The van der Waals surface area contributed by atoms with Crippen LogP contribution in [0.15, 0.2) is 0 Å². The average Bonchev–Trinajstić information content (AvgIpc) is 2.80. The van der Waals surface area contributed by atoms with E-state index in [4.69, 9.17) is 9.84 Å². The van der Waals surface area contributed by atoms with Crippen LogP contribution < -0.4 is 10.6 Å². The van der Waals surface area contributed by atoms with Crippen molar-refractivity contribution in [3.63, 3.8) is 0 Å². The van der Waals surface area contributed by atoms with Gasteiger partial charge in [-0.05, 0) is 32.1 Å². The van der Waals surface area contributed by atoms with Gasteiger partial charge in [-0.3, -0.25) is 0 Å². The van der Waals surface area contributed by atoms with E-state index in [1.54, 1.807) is 0 Å². The highest BCUT2D eigenvalue weighted by Gasteiger charge is 2.26. The minimum absolute atomic E-state index is 0.0270. The molecule has 1 fully saturated rings. The molecule has 6 nitrogen and oxygen atoms in total. The summed E-state index contributed by atoms with van der Waals surface area (Å²) in [5, 5.41) is 14.3. The predicted molar refractivity (Wildman–Crippen MR) is 71.0 cm³/mol. The first-order chi connectivity index (χ1) is 8.90. The van der Waals surface area contributed by atoms with E-state index in [1.165, 1.54) is 0 Å². The van der Waals surface area contributed by atoms with Crippen LogP contribution in [0.5, 0.6) is 0 Å². The molecule has 0 aromatic carbocycles. The number of ether oxygens (including phenoxy) is 1. The second kappa shape index (κ2) is 7.33. The van der Waals surface area contributed by atoms with Gasteiger partial charge in [0.2, 0.25) is 0 Å². The Bertz CT molecular complexity index is 314. The van der Waals surface area contributed by atoms with Gasteiger partial charge in [-0.15, -0.1) is 0 Å². The van der Waals surface area contributed by atoms with Gasteiger partial charge in [0, 0.05) is 6.61 Å². The number of amides is 2. The summed E-state index contributed by atoms with van der Waals surface area (Å²) in [5.41, 5.74) is 0. The van der Waals surface area contributed by atoms with Crippen LogP contribution in [0.25, 0.3) is 0 Å². The Balaban J connectivity index is 2.41. The number of aliphatic carboxylic acids is 1. The normalized spacial score (nSPS) is 22.0. The third kappa shape index (κ3) is 5.46. The smallest absolute Gasteiger partial charge is 0.326 e. The summed E-state index contributed by atoms with van der Waals surface area (Å²) in [5.74, 6) is -0.800. The monoisotopic (exact) mass is 272 g/mol. The Morgan fingerprint density at radius 1 is 1.32 bits per heavy atom. The predicted octanol–water partition coefficient (Wildman–Crippen LogP) is 1.35. The third-order valence-corrected chi connectivity index (χ3v) is 3.19. The SMILES string of the molecule is CC(C)C[C@@H](NC(=O)NC(C)C1CCCO1)C(=O)O. The molecule has 1 saturated heterocycles. The fraction of sp³-hybridized carbons (Fsp3) is 0.846. The molecule has 19 heavy (non-hydrogen) atoms. The van der Waals surface area contributed by atoms with E-state index in [9.17, 15) is 9.59 Å². The molecule has 0 radical (unpaired) electrons. The Kier molecular flexibility index (Phi) is 6.08. The summed E-state index contributed by atoms with van der Waals surface area (Å²) in [6, 6.07) is -1.41. The number of carbonyl (C=O) groups excluding carboxylic acids is 1. The van der Waals surface area contributed by atoms with Crippen LogP contribution >= 0.6 is 0 Å². The Morgan fingerprint density at radius 3 is 2.47 bits per heavy atom. The quantitative estimate of drug-likeness (QED) is 0.681. The molecule has 1 heterocycles. The zero-order valence-electron chi connectivity index (χ0n) is 11.8. The van der Waals surface area contributed by atoms with Crippen molar-refractivity contribution in [3.05, 3.63) is 0 Å². The summed E-state index contributed by atoms with van der Waals surface area (Å²) in [4.78, 5) is 22.8. The van der Waals surface area contributed by atoms with E-state index >= 15 is 0 Å². The van der Waals surface area contributed by atoms with E-state index in [0.717, 1.165) is 19.4 Å². The zero-order chi connectivity index (χ0) is 14.4. The molecule has 2 amide bonds. The number of hydrogen-bond donors (Lipinski definition) is 3. The second-order valence-corrected chi connectivity index (χ2v) is 5.48. The number of carboxylic acids is 1. The molecule has 0 aliphatic carbocycles. The molecule has 0 bridgehead atoms. The number of nitrogens with one attached hydrogen (secondary N) is 2. The van der Waals surface area contributed by atoms with Gasteiger partial charge in [0.15, 0.2) is 0 Å². The van der Waals surface area contributed by atoms with Gasteiger partial charge >= 0.3 is 12.0 Å². The zero-order valence-corrected chi connectivity index (χ0v) is 11.8. The van der Waals surface area contributed by atoms with Gasteiger partial charge in [0.1, 0.15) is 6.04 Å². The number of carboxylic acid groups (broad SMARTS) is 1. The Labute approximate surface area is 113 Å². The average molecular weight is 272 g/mol. The second-order valence-electron chi connectivity index (χ2n) is 5.48. The lowest BCUT2D eigenvalue weighted by Gasteiger charge is -2.22. The molecule has 1 aliphatic rings. The molecule has 110 valence electrons. The van der Waals surface area contributed by atoms with E-state index < -0.39 is 18.0 Å². The fourth-order valence-corrected chi connectivity index (χ4v) is 2.19. The first-order valence-electron chi connectivity index (χ1n) is 6.81. The van der Waals surface area contributed by atoms with Crippen molar-refractivity contribution in [2.24, 2.45) is 5.92 Å². The molecule has 0 aromatic heterocycles. The highest BCUT2D eigenvalue weighted by molar-refractivity contribution is 5.82. The molecule has 2 unspecified atom stereocenters. The first-order valence-corrected chi connectivity index (χ1v) is 6.81. The van der Waals surface area contributed by atoms with Crippen molar-refractivity contribution in [3.8, 4) is 0 Å². The molecule has 1 aliphatic heterocycles. The van der Waals surface area contributed by atoms with E-state index in [-0.39, 0.29) is 18.1 Å². The minimum atomic E-state index is -1.01. The highest BCUT2D eigenvalue weighted by atomic mass is 16.5. The molecular weight excluding hydrogens is 248 g/mol. The van der Waals surface area contributed by atoms with Gasteiger partial charge in [-0.2, -0.15) is 0 Å². The van der Waals surface area contributed by atoms with Crippen molar-refractivity contribution in [1.82, 2.24) is 10.6 Å². The largest absolute Gasteiger partial charge is 0.480 e. The summed E-state index contributed by atoms with van der Waals surface area (Å²) in [6.45, 7) is 6.44. The summed E-state index contributed by atoms with van der Waals surface area (Å²) >= 11 is 0. The van der Waals surface area contributed by atoms with Crippen LogP contribution in [0.4, 0.5) is 4.79 Å². The highest BCUT2D eigenvalue weighted by Crippen LogP contribution is 2.15. The molecule has 0 spiro atoms. The van der Waals surface area contributed by atoms with Gasteiger partial charge < -0.3 is 20.5 Å². The van der Waals surface area contributed by atoms with Crippen LogP contribution in [0.2, 0.25) is 0 Å². The molecule has 0 aromatic rings. The molecule has 3 N–H and O–H groups in total. The number of carbonyl (C=O) groups is 2. The molecule has 6 heteroatoms. The lowest BCUT2D eigenvalue weighted by Crippen LogP contribution is -2.51. The Hall–Kier alpha value is -1.30. The summed E-state index contributed by atoms with van der Waals surface area (Å²) in [6.07, 6.45) is 2.37. The van der Waals surface area contributed by atoms with Gasteiger partial charge in [0.25, 0.3) is 0 Å².